The summed E-state index contributed by atoms with van der Waals surface area (Å²) in [6.45, 7) is 4.25. The Morgan fingerprint density at radius 3 is 3.00 bits per heavy atom. The van der Waals surface area contributed by atoms with E-state index in [0.29, 0.717) is 6.42 Å². The summed E-state index contributed by atoms with van der Waals surface area (Å²) in [5.74, 6) is 0. The number of rotatable bonds is 4. The summed E-state index contributed by atoms with van der Waals surface area (Å²) in [7, 11) is 0. The summed E-state index contributed by atoms with van der Waals surface area (Å²) >= 11 is 0. The Hall–Kier alpha value is -0.150. The quantitative estimate of drug-likeness (QED) is 0.624. The molecule has 0 bridgehead atoms. The lowest BCUT2D eigenvalue weighted by molar-refractivity contribution is 0.171. The van der Waals surface area contributed by atoms with Crippen LogP contribution in [-0.2, 0) is 4.74 Å². The minimum atomic E-state index is -0.232. The molecule has 1 fully saturated rings. The largest absolute Gasteiger partial charge is 0.379 e. The topological polar surface area (TPSA) is 21.3 Å². The van der Waals surface area contributed by atoms with Crippen molar-refractivity contribution in [2.24, 2.45) is 0 Å². The Bertz CT molecular complexity index is 113. The van der Waals surface area contributed by atoms with Crippen LogP contribution in [0.5, 0.6) is 0 Å². The minimum absolute atomic E-state index is 0.106. The van der Waals surface area contributed by atoms with Crippen molar-refractivity contribution in [1.82, 2.24) is 5.32 Å². The molecule has 0 aromatic rings. The van der Waals surface area contributed by atoms with Gasteiger partial charge in [-0.05, 0) is 26.3 Å². The van der Waals surface area contributed by atoms with Gasteiger partial charge in [0.25, 0.3) is 0 Å². The second-order valence-electron chi connectivity index (χ2n) is 3.33. The first-order valence-electron chi connectivity index (χ1n) is 4.16. The molecule has 3 heteroatoms. The van der Waals surface area contributed by atoms with Gasteiger partial charge in [-0.3, -0.25) is 4.39 Å². The molecule has 0 saturated carbocycles. The minimum Gasteiger partial charge on any atom is -0.379 e. The third-order valence-corrected chi connectivity index (χ3v) is 2.08. The number of ether oxygens (including phenoxy) is 1. The lowest BCUT2D eigenvalue weighted by Gasteiger charge is -2.23. The lowest BCUT2D eigenvalue weighted by atomic mass is 10.0. The average Bonchev–Trinajstić information content (AvgIpc) is 2.38. The average molecular weight is 161 g/mol. The maximum absolute atomic E-state index is 11.7. The van der Waals surface area contributed by atoms with Crippen LogP contribution in [0.2, 0.25) is 0 Å². The maximum Gasteiger partial charge on any atom is 0.0906 e. The molecule has 0 aromatic carbocycles. The second kappa shape index (κ2) is 4.02. The van der Waals surface area contributed by atoms with Gasteiger partial charge in [0.2, 0.25) is 0 Å². The highest BCUT2D eigenvalue weighted by Gasteiger charge is 2.28. The van der Waals surface area contributed by atoms with Crippen LogP contribution in [0.3, 0.4) is 0 Å². The molecular weight excluding hydrogens is 145 g/mol. The third-order valence-electron chi connectivity index (χ3n) is 2.08. The van der Waals surface area contributed by atoms with E-state index in [1.807, 2.05) is 0 Å². The van der Waals surface area contributed by atoms with Crippen LogP contribution in [0.25, 0.3) is 0 Å². The fourth-order valence-corrected chi connectivity index (χ4v) is 1.26. The first-order chi connectivity index (χ1) is 5.27. The second-order valence-corrected chi connectivity index (χ2v) is 3.33. The number of halogens is 1. The van der Waals surface area contributed by atoms with Crippen molar-refractivity contribution in [1.29, 1.82) is 0 Å². The van der Waals surface area contributed by atoms with Crippen molar-refractivity contribution in [3.63, 3.8) is 0 Å². The predicted octanol–water partition coefficient (Wildman–Crippen LogP) is 1.11. The van der Waals surface area contributed by atoms with E-state index in [-0.39, 0.29) is 12.2 Å². The smallest absolute Gasteiger partial charge is 0.0906 e. The predicted molar refractivity (Wildman–Crippen MR) is 42.4 cm³/mol. The molecule has 66 valence electrons. The van der Waals surface area contributed by atoms with Crippen LogP contribution in [0.4, 0.5) is 4.39 Å². The molecule has 0 spiro atoms. The van der Waals surface area contributed by atoms with Crippen molar-refractivity contribution < 1.29 is 9.13 Å². The van der Waals surface area contributed by atoms with Crippen molar-refractivity contribution in [3.05, 3.63) is 0 Å². The Kier molecular flexibility index (Phi) is 3.27. The molecule has 0 radical (unpaired) electrons. The van der Waals surface area contributed by atoms with E-state index in [1.54, 1.807) is 0 Å². The zero-order chi connectivity index (χ0) is 8.16. The van der Waals surface area contributed by atoms with E-state index in [0.717, 1.165) is 26.2 Å². The van der Waals surface area contributed by atoms with E-state index in [2.05, 4.69) is 12.2 Å². The van der Waals surface area contributed by atoms with Crippen molar-refractivity contribution >= 4 is 0 Å². The molecule has 1 rings (SSSR count). The fraction of sp³-hybridized carbons (Fsp3) is 1.00. The highest BCUT2D eigenvalue weighted by Crippen LogP contribution is 2.16. The van der Waals surface area contributed by atoms with Gasteiger partial charge in [-0.2, -0.15) is 0 Å². The first-order valence-corrected chi connectivity index (χ1v) is 4.16. The van der Waals surface area contributed by atoms with Gasteiger partial charge in [0.15, 0.2) is 0 Å². The molecule has 0 amide bonds. The van der Waals surface area contributed by atoms with Crippen LogP contribution in [-0.4, -0.2) is 32.0 Å². The Morgan fingerprint density at radius 2 is 2.45 bits per heavy atom. The SMILES string of the molecule is CC1(NCCCF)CCOC1. The van der Waals surface area contributed by atoms with Crippen LogP contribution in [0.15, 0.2) is 0 Å². The summed E-state index contributed by atoms with van der Waals surface area (Å²) in [4.78, 5) is 0. The molecule has 0 aliphatic carbocycles. The zero-order valence-corrected chi connectivity index (χ0v) is 7.03. The van der Waals surface area contributed by atoms with Crippen molar-refractivity contribution in [2.75, 3.05) is 26.4 Å². The molecule has 1 unspecified atom stereocenters. The van der Waals surface area contributed by atoms with Gasteiger partial charge in [-0.1, -0.05) is 0 Å². The van der Waals surface area contributed by atoms with E-state index in [9.17, 15) is 4.39 Å². The van der Waals surface area contributed by atoms with Crippen molar-refractivity contribution in [3.8, 4) is 0 Å². The summed E-state index contributed by atoms with van der Waals surface area (Å²) < 4.78 is 17.0. The van der Waals surface area contributed by atoms with Gasteiger partial charge in [-0.15, -0.1) is 0 Å². The van der Waals surface area contributed by atoms with Gasteiger partial charge in [-0.25, -0.2) is 0 Å². The van der Waals surface area contributed by atoms with E-state index in [1.165, 1.54) is 0 Å². The molecular formula is C8H16FNO. The van der Waals surface area contributed by atoms with Crippen LogP contribution >= 0.6 is 0 Å². The molecule has 2 nitrogen and oxygen atoms in total. The number of hydrogen-bond donors (Lipinski definition) is 1. The number of alkyl halides is 1. The molecule has 1 saturated heterocycles. The molecule has 1 aliphatic rings. The molecule has 1 N–H and O–H groups in total. The summed E-state index contributed by atoms with van der Waals surface area (Å²) in [6, 6.07) is 0. The van der Waals surface area contributed by atoms with Gasteiger partial charge in [0, 0.05) is 12.1 Å². The number of hydrogen-bond acceptors (Lipinski definition) is 2. The highest BCUT2D eigenvalue weighted by molar-refractivity contribution is 4.86. The van der Waals surface area contributed by atoms with Gasteiger partial charge in [0.1, 0.15) is 0 Å². The summed E-state index contributed by atoms with van der Waals surface area (Å²) in [6.07, 6.45) is 1.65. The van der Waals surface area contributed by atoms with E-state index >= 15 is 0 Å². The van der Waals surface area contributed by atoms with E-state index in [4.69, 9.17) is 4.74 Å². The molecule has 1 heterocycles. The summed E-state index contributed by atoms with van der Waals surface area (Å²) in [5.41, 5.74) is 0.106. The normalized spacial score (nSPS) is 31.1. The molecule has 0 aromatic heterocycles. The maximum atomic E-state index is 11.7. The summed E-state index contributed by atoms with van der Waals surface area (Å²) in [5, 5.41) is 3.29. The highest BCUT2D eigenvalue weighted by atomic mass is 19.1. The Labute approximate surface area is 67.1 Å². The standard InChI is InChI=1S/C8H16FNO/c1-8(3-6-11-7-8)10-5-2-4-9/h10H,2-7H2,1H3. The van der Waals surface area contributed by atoms with E-state index < -0.39 is 0 Å². The number of nitrogens with one attached hydrogen (secondary N) is 1. The van der Waals surface area contributed by atoms with Gasteiger partial charge < -0.3 is 10.1 Å². The van der Waals surface area contributed by atoms with Gasteiger partial charge >= 0.3 is 0 Å². The van der Waals surface area contributed by atoms with Crippen molar-refractivity contribution in [2.45, 2.75) is 25.3 Å². The van der Waals surface area contributed by atoms with Crippen LogP contribution in [0, 0.1) is 0 Å². The zero-order valence-electron chi connectivity index (χ0n) is 7.03. The first kappa shape index (κ1) is 8.94. The Morgan fingerprint density at radius 1 is 1.64 bits per heavy atom. The van der Waals surface area contributed by atoms with Crippen LogP contribution in [0.1, 0.15) is 19.8 Å². The lowest BCUT2D eigenvalue weighted by Crippen LogP contribution is -2.43. The fourth-order valence-electron chi connectivity index (χ4n) is 1.26. The van der Waals surface area contributed by atoms with Gasteiger partial charge in [0.05, 0.1) is 13.3 Å². The Balaban J connectivity index is 2.13. The molecule has 1 atom stereocenters. The monoisotopic (exact) mass is 161 g/mol. The third kappa shape index (κ3) is 2.75. The molecule has 1 aliphatic heterocycles. The molecule has 11 heavy (non-hydrogen) atoms. The van der Waals surface area contributed by atoms with Crippen LogP contribution < -0.4 is 5.32 Å².